The number of hydrogen-bond acceptors (Lipinski definition) is 6. The molecule has 2 rings (SSSR count). The average Bonchev–Trinajstić information content (AvgIpc) is 2.47. The fraction of sp³-hybridized carbons (Fsp3) is 0.154. The van der Waals surface area contributed by atoms with Gasteiger partial charge in [0.05, 0.1) is 18.4 Å². The Morgan fingerprint density at radius 3 is 2.84 bits per heavy atom. The Bertz CT molecular complexity index is 613. The lowest BCUT2D eigenvalue weighted by atomic mass is 10.1. The second-order valence-corrected chi connectivity index (χ2v) is 3.81. The molecular weight excluding hydrogens is 244 g/mol. The van der Waals surface area contributed by atoms with E-state index >= 15 is 0 Å². The summed E-state index contributed by atoms with van der Waals surface area (Å²) >= 11 is 0. The van der Waals surface area contributed by atoms with E-state index in [1.165, 1.54) is 7.11 Å². The summed E-state index contributed by atoms with van der Waals surface area (Å²) in [5, 5.41) is 2.85. The summed E-state index contributed by atoms with van der Waals surface area (Å²) in [6.45, 7) is 0. The summed E-state index contributed by atoms with van der Waals surface area (Å²) in [7, 11) is 3.06. The number of hydrogen-bond donors (Lipinski definition) is 2. The van der Waals surface area contributed by atoms with Gasteiger partial charge in [0.2, 0.25) is 5.95 Å². The Labute approximate surface area is 110 Å². The number of esters is 1. The molecule has 0 amide bonds. The van der Waals surface area contributed by atoms with E-state index in [1.807, 2.05) is 0 Å². The highest BCUT2D eigenvalue weighted by molar-refractivity contribution is 5.92. The van der Waals surface area contributed by atoms with Crippen molar-refractivity contribution in [1.29, 1.82) is 0 Å². The highest BCUT2D eigenvalue weighted by atomic mass is 16.5. The Balaban J connectivity index is 2.51. The number of benzene rings is 1. The zero-order valence-electron chi connectivity index (χ0n) is 10.7. The molecule has 6 heteroatoms. The maximum Gasteiger partial charge on any atom is 0.337 e. The van der Waals surface area contributed by atoms with Crippen LogP contribution in [0.2, 0.25) is 0 Å². The smallest absolute Gasteiger partial charge is 0.337 e. The minimum atomic E-state index is -0.413. The first kappa shape index (κ1) is 12.8. The second-order valence-electron chi connectivity index (χ2n) is 3.81. The molecule has 98 valence electrons. The predicted octanol–water partition coefficient (Wildman–Crippen LogP) is 1.55. The van der Waals surface area contributed by atoms with E-state index in [1.54, 1.807) is 37.5 Å². The van der Waals surface area contributed by atoms with Gasteiger partial charge in [-0.15, -0.1) is 0 Å². The molecule has 0 fully saturated rings. The van der Waals surface area contributed by atoms with Gasteiger partial charge in [0.15, 0.2) is 0 Å². The van der Waals surface area contributed by atoms with Crippen LogP contribution in [0.4, 0.5) is 11.6 Å². The monoisotopic (exact) mass is 258 g/mol. The van der Waals surface area contributed by atoms with E-state index in [-0.39, 0.29) is 0 Å². The van der Waals surface area contributed by atoms with Crippen molar-refractivity contribution < 1.29 is 9.53 Å². The highest BCUT2D eigenvalue weighted by Crippen LogP contribution is 2.26. The van der Waals surface area contributed by atoms with Crippen molar-refractivity contribution in [2.75, 3.05) is 25.2 Å². The minimum Gasteiger partial charge on any atom is -0.465 e. The highest BCUT2D eigenvalue weighted by Gasteiger charge is 2.11. The van der Waals surface area contributed by atoms with E-state index in [4.69, 9.17) is 5.73 Å². The first-order chi connectivity index (χ1) is 9.15. The number of ether oxygens (including phenoxy) is 1. The largest absolute Gasteiger partial charge is 0.465 e. The molecule has 0 unspecified atom stereocenters. The number of anilines is 2. The fourth-order valence-corrected chi connectivity index (χ4v) is 1.65. The van der Waals surface area contributed by atoms with Crippen LogP contribution in [-0.2, 0) is 4.74 Å². The fourth-order valence-electron chi connectivity index (χ4n) is 1.65. The van der Waals surface area contributed by atoms with Crippen LogP contribution in [0.25, 0.3) is 11.3 Å². The van der Waals surface area contributed by atoms with Crippen LogP contribution in [0.5, 0.6) is 0 Å². The number of nitrogen functional groups attached to an aromatic ring is 1. The van der Waals surface area contributed by atoms with Gasteiger partial charge in [-0.1, -0.05) is 0 Å². The molecule has 0 aliphatic heterocycles. The summed E-state index contributed by atoms with van der Waals surface area (Å²) in [6, 6.07) is 6.66. The van der Waals surface area contributed by atoms with Crippen molar-refractivity contribution in [3.8, 4) is 11.3 Å². The summed E-state index contributed by atoms with van der Waals surface area (Å²) in [4.78, 5) is 19.8. The average molecular weight is 258 g/mol. The predicted molar refractivity (Wildman–Crippen MR) is 72.8 cm³/mol. The standard InChI is InChI=1S/C13H14N4O2/c1-15-13-16-6-5-11(17-13)9-7-8(12(18)19-2)3-4-10(9)14/h3-7H,14H2,1-2H3,(H,15,16,17). The van der Waals surface area contributed by atoms with Gasteiger partial charge in [0.25, 0.3) is 0 Å². The van der Waals surface area contributed by atoms with Crippen LogP contribution in [0.3, 0.4) is 0 Å². The molecule has 6 nitrogen and oxygen atoms in total. The number of nitrogens with one attached hydrogen (secondary N) is 1. The van der Waals surface area contributed by atoms with Crippen LogP contribution in [0.15, 0.2) is 30.5 Å². The maximum absolute atomic E-state index is 11.5. The molecule has 0 bridgehead atoms. The molecule has 19 heavy (non-hydrogen) atoms. The molecule has 0 aliphatic rings. The Morgan fingerprint density at radius 2 is 2.16 bits per heavy atom. The summed E-state index contributed by atoms with van der Waals surface area (Å²) in [5.74, 6) is 0.0736. The number of carbonyl (C=O) groups is 1. The molecule has 0 spiro atoms. The SMILES string of the molecule is CNc1nccc(-c2cc(C(=O)OC)ccc2N)n1. The van der Waals surface area contributed by atoms with Gasteiger partial charge in [-0.25, -0.2) is 14.8 Å². The molecule has 0 saturated carbocycles. The molecule has 3 N–H and O–H groups in total. The van der Waals surface area contributed by atoms with Crippen molar-refractivity contribution in [1.82, 2.24) is 9.97 Å². The molecule has 0 aliphatic carbocycles. The topological polar surface area (TPSA) is 90.1 Å². The second kappa shape index (κ2) is 5.34. The third kappa shape index (κ3) is 2.62. The van der Waals surface area contributed by atoms with E-state index in [9.17, 15) is 4.79 Å². The van der Waals surface area contributed by atoms with Gasteiger partial charge >= 0.3 is 5.97 Å². The van der Waals surface area contributed by atoms with Crippen LogP contribution in [-0.4, -0.2) is 30.1 Å². The van der Waals surface area contributed by atoms with Crippen LogP contribution in [0, 0.1) is 0 Å². The van der Waals surface area contributed by atoms with Crippen molar-refractivity contribution in [2.45, 2.75) is 0 Å². The number of aromatic nitrogens is 2. The van der Waals surface area contributed by atoms with Gasteiger partial charge in [0.1, 0.15) is 0 Å². The van der Waals surface area contributed by atoms with E-state index < -0.39 is 5.97 Å². The van der Waals surface area contributed by atoms with E-state index in [0.29, 0.717) is 28.5 Å². The third-order valence-electron chi connectivity index (χ3n) is 2.63. The molecular formula is C13H14N4O2. The van der Waals surface area contributed by atoms with Crippen LogP contribution >= 0.6 is 0 Å². The molecule has 1 heterocycles. The number of nitrogens with zero attached hydrogens (tertiary/aromatic N) is 2. The number of methoxy groups -OCH3 is 1. The first-order valence-corrected chi connectivity index (χ1v) is 5.64. The zero-order chi connectivity index (χ0) is 13.8. The van der Waals surface area contributed by atoms with Crippen molar-refractivity contribution >= 4 is 17.6 Å². The van der Waals surface area contributed by atoms with Crippen LogP contribution < -0.4 is 11.1 Å². The maximum atomic E-state index is 11.5. The quantitative estimate of drug-likeness (QED) is 0.641. The van der Waals surface area contributed by atoms with E-state index in [2.05, 4.69) is 20.0 Å². The number of nitrogens with two attached hydrogens (primary N) is 1. The normalized spacial score (nSPS) is 10.0. The lowest BCUT2D eigenvalue weighted by Crippen LogP contribution is -2.03. The Hall–Kier alpha value is -2.63. The third-order valence-corrected chi connectivity index (χ3v) is 2.63. The zero-order valence-corrected chi connectivity index (χ0v) is 10.7. The lowest BCUT2D eigenvalue weighted by Gasteiger charge is -2.08. The van der Waals surface area contributed by atoms with Gasteiger partial charge < -0.3 is 15.8 Å². The van der Waals surface area contributed by atoms with Gasteiger partial charge in [-0.3, -0.25) is 0 Å². The Morgan fingerprint density at radius 1 is 1.37 bits per heavy atom. The summed E-state index contributed by atoms with van der Waals surface area (Å²) in [5.41, 5.74) is 8.19. The summed E-state index contributed by atoms with van der Waals surface area (Å²) in [6.07, 6.45) is 1.62. The minimum absolute atomic E-state index is 0.413. The first-order valence-electron chi connectivity index (χ1n) is 5.64. The van der Waals surface area contributed by atoms with Gasteiger partial charge in [-0.2, -0.15) is 0 Å². The van der Waals surface area contributed by atoms with Crippen molar-refractivity contribution in [2.24, 2.45) is 0 Å². The van der Waals surface area contributed by atoms with Crippen molar-refractivity contribution in [3.05, 3.63) is 36.0 Å². The molecule has 0 radical (unpaired) electrons. The molecule has 0 atom stereocenters. The van der Waals surface area contributed by atoms with E-state index in [0.717, 1.165) is 0 Å². The molecule has 0 saturated heterocycles. The number of rotatable bonds is 3. The Kier molecular flexibility index (Phi) is 3.61. The van der Waals surface area contributed by atoms with Crippen LogP contribution in [0.1, 0.15) is 10.4 Å². The molecule has 1 aromatic carbocycles. The molecule has 2 aromatic rings. The van der Waals surface area contributed by atoms with Gasteiger partial charge in [-0.05, 0) is 24.3 Å². The summed E-state index contributed by atoms with van der Waals surface area (Å²) < 4.78 is 4.69. The van der Waals surface area contributed by atoms with Gasteiger partial charge in [0, 0.05) is 24.5 Å². The molecule has 1 aromatic heterocycles. The van der Waals surface area contributed by atoms with Crippen molar-refractivity contribution in [3.63, 3.8) is 0 Å². The lowest BCUT2D eigenvalue weighted by molar-refractivity contribution is 0.0601. The number of carbonyl (C=O) groups excluding carboxylic acids is 1.